The molecule has 9 rings (SSSR count). The van der Waals surface area contributed by atoms with Crippen molar-refractivity contribution in [3.8, 4) is 44.8 Å². The van der Waals surface area contributed by atoms with Crippen molar-refractivity contribution in [2.45, 2.75) is 33.9 Å². The molecule has 8 aromatic rings. The lowest BCUT2D eigenvalue weighted by atomic mass is 9.98. The van der Waals surface area contributed by atoms with Gasteiger partial charge in [0.25, 0.3) is 0 Å². The Hall–Kier alpha value is -6.03. The van der Waals surface area contributed by atoms with E-state index in [1.54, 1.807) is 19.2 Å². The third-order valence-electron chi connectivity index (χ3n) is 10.3. The number of aromatic nitrogens is 6. The number of rotatable bonds is 8. The molecular weight excluding hydrogens is 686 g/mol. The van der Waals surface area contributed by atoms with Gasteiger partial charge in [-0.2, -0.15) is 0 Å². The summed E-state index contributed by atoms with van der Waals surface area (Å²) in [5, 5.41) is 0. The van der Waals surface area contributed by atoms with E-state index in [4.69, 9.17) is 4.74 Å². The van der Waals surface area contributed by atoms with Crippen molar-refractivity contribution in [2.75, 3.05) is 32.8 Å². The second kappa shape index (κ2) is 16.1. The number of nitrogens with zero attached hydrogens (tertiary/aromatic N) is 7. The van der Waals surface area contributed by atoms with Crippen LogP contribution in [0.4, 0.5) is 4.39 Å². The summed E-state index contributed by atoms with van der Waals surface area (Å²) in [5.74, 6) is -0.202. The maximum atomic E-state index is 13.8. The van der Waals surface area contributed by atoms with Crippen LogP contribution in [-0.4, -0.2) is 66.8 Å². The van der Waals surface area contributed by atoms with Crippen LogP contribution in [0.3, 0.4) is 0 Å². The van der Waals surface area contributed by atoms with Gasteiger partial charge in [0, 0.05) is 67.4 Å². The highest BCUT2D eigenvalue weighted by Gasteiger charge is 2.15. The Morgan fingerprint density at radius 2 is 1.20 bits per heavy atom. The number of imidazole rings is 2. The molecule has 276 valence electrons. The highest BCUT2D eigenvalue weighted by molar-refractivity contribution is 5.88. The fourth-order valence-electron chi connectivity index (χ4n) is 7.27. The average Bonchev–Trinajstić information content (AvgIpc) is 3.85. The van der Waals surface area contributed by atoms with E-state index in [1.165, 1.54) is 17.2 Å². The van der Waals surface area contributed by atoms with Gasteiger partial charge in [-0.1, -0.05) is 48.0 Å². The second-order valence-corrected chi connectivity index (χ2v) is 14.0. The van der Waals surface area contributed by atoms with Crippen molar-refractivity contribution < 1.29 is 9.13 Å². The van der Waals surface area contributed by atoms with Gasteiger partial charge in [-0.25, -0.2) is 14.4 Å². The molecule has 9 heteroatoms. The molecule has 0 atom stereocenters. The minimum absolute atomic E-state index is 0.202. The molecule has 1 fully saturated rings. The summed E-state index contributed by atoms with van der Waals surface area (Å²) in [6.45, 7) is 12.4. The molecule has 0 unspecified atom stereocenters. The van der Waals surface area contributed by atoms with E-state index in [0.29, 0.717) is 5.56 Å². The number of pyridine rings is 2. The SMILES string of the molecule is CCn1cnc2ccc(-c3cccnc3-c3cccc(C)c3)cc21.Cc1cc(-c2ncccc2-c2ccc3ncn(CCN4CCOCC4)c3c2)ccc1F. The average molecular weight is 730 g/mol. The molecule has 1 aliphatic rings. The van der Waals surface area contributed by atoms with E-state index in [9.17, 15) is 4.39 Å². The van der Waals surface area contributed by atoms with E-state index in [2.05, 4.69) is 121 Å². The van der Waals surface area contributed by atoms with E-state index in [1.807, 2.05) is 37.1 Å². The fourth-order valence-corrected chi connectivity index (χ4v) is 7.27. The van der Waals surface area contributed by atoms with E-state index >= 15 is 0 Å². The predicted octanol–water partition coefficient (Wildman–Crippen LogP) is 9.64. The first-order chi connectivity index (χ1) is 26.9. The van der Waals surface area contributed by atoms with Crippen molar-refractivity contribution in [1.82, 2.24) is 34.0 Å². The van der Waals surface area contributed by atoms with Gasteiger partial charge < -0.3 is 13.9 Å². The lowest BCUT2D eigenvalue weighted by molar-refractivity contribution is 0.0365. The van der Waals surface area contributed by atoms with Crippen LogP contribution >= 0.6 is 0 Å². The van der Waals surface area contributed by atoms with Crippen LogP contribution in [0, 0.1) is 19.7 Å². The summed E-state index contributed by atoms with van der Waals surface area (Å²) in [6.07, 6.45) is 7.46. The third kappa shape index (κ3) is 7.80. The zero-order valence-electron chi connectivity index (χ0n) is 31.5. The monoisotopic (exact) mass is 729 g/mol. The topological polar surface area (TPSA) is 73.9 Å². The summed E-state index contributed by atoms with van der Waals surface area (Å²) in [7, 11) is 0. The van der Waals surface area contributed by atoms with Gasteiger partial charge >= 0.3 is 0 Å². The summed E-state index contributed by atoms with van der Waals surface area (Å²) < 4.78 is 23.6. The minimum atomic E-state index is -0.202. The molecular formula is C46H44FN7O. The number of fused-ring (bicyclic) bond motifs is 2. The van der Waals surface area contributed by atoms with Crippen molar-refractivity contribution >= 4 is 22.1 Å². The Morgan fingerprint density at radius 3 is 1.82 bits per heavy atom. The van der Waals surface area contributed by atoms with Crippen molar-refractivity contribution in [2.24, 2.45) is 0 Å². The van der Waals surface area contributed by atoms with Crippen LogP contribution in [0.15, 0.2) is 128 Å². The highest BCUT2D eigenvalue weighted by Crippen LogP contribution is 2.34. The van der Waals surface area contributed by atoms with Crippen LogP contribution in [-0.2, 0) is 17.8 Å². The van der Waals surface area contributed by atoms with Crippen molar-refractivity contribution in [3.05, 3.63) is 145 Å². The summed E-state index contributed by atoms with van der Waals surface area (Å²) >= 11 is 0. The maximum absolute atomic E-state index is 13.8. The third-order valence-corrected chi connectivity index (χ3v) is 10.3. The number of aryl methyl sites for hydroxylation is 3. The zero-order valence-corrected chi connectivity index (χ0v) is 31.5. The van der Waals surface area contributed by atoms with E-state index in [0.717, 1.165) is 107 Å². The number of benzene rings is 4. The molecule has 0 saturated carbocycles. The Kier molecular flexibility index (Phi) is 10.6. The number of morpholine rings is 1. The summed E-state index contributed by atoms with van der Waals surface area (Å²) in [4.78, 5) is 20.7. The van der Waals surface area contributed by atoms with Crippen LogP contribution in [0.5, 0.6) is 0 Å². The molecule has 4 aromatic carbocycles. The Bertz CT molecular complexity index is 2590. The van der Waals surface area contributed by atoms with Crippen molar-refractivity contribution in [3.63, 3.8) is 0 Å². The van der Waals surface area contributed by atoms with Crippen molar-refractivity contribution in [1.29, 1.82) is 0 Å². The zero-order chi connectivity index (χ0) is 37.7. The molecule has 1 saturated heterocycles. The molecule has 8 nitrogen and oxygen atoms in total. The maximum Gasteiger partial charge on any atom is 0.126 e. The molecule has 0 spiro atoms. The molecule has 55 heavy (non-hydrogen) atoms. The van der Waals surface area contributed by atoms with Gasteiger partial charge in [0.05, 0.1) is 59.3 Å². The molecule has 4 aromatic heterocycles. The summed E-state index contributed by atoms with van der Waals surface area (Å²) in [5.41, 5.74) is 14.5. The molecule has 0 aliphatic carbocycles. The molecule has 0 bridgehead atoms. The minimum Gasteiger partial charge on any atom is -0.379 e. The van der Waals surface area contributed by atoms with E-state index < -0.39 is 0 Å². The van der Waals surface area contributed by atoms with Gasteiger partial charge in [-0.15, -0.1) is 0 Å². The summed E-state index contributed by atoms with van der Waals surface area (Å²) in [6, 6.07) is 34.5. The van der Waals surface area contributed by atoms with Gasteiger partial charge in [-0.05, 0) is 98.1 Å². The van der Waals surface area contributed by atoms with Crippen LogP contribution in [0.2, 0.25) is 0 Å². The molecule has 5 heterocycles. The number of ether oxygens (including phenoxy) is 1. The van der Waals surface area contributed by atoms with Gasteiger partial charge in [-0.3, -0.25) is 14.9 Å². The molecule has 0 N–H and O–H groups in total. The lowest BCUT2D eigenvalue weighted by Gasteiger charge is -2.26. The van der Waals surface area contributed by atoms with Gasteiger partial charge in [0.15, 0.2) is 0 Å². The molecule has 0 amide bonds. The Labute approximate surface area is 320 Å². The van der Waals surface area contributed by atoms with E-state index in [-0.39, 0.29) is 5.82 Å². The quantitative estimate of drug-likeness (QED) is 0.155. The number of halogens is 1. The first kappa shape index (κ1) is 36.0. The Morgan fingerprint density at radius 1 is 0.600 bits per heavy atom. The van der Waals surface area contributed by atoms with Crippen LogP contribution in [0.25, 0.3) is 66.8 Å². The number of hydrogen-bond donors (Lipinski definition) is 0. The number of hydrogen-bond acceptors (Lipinski definition) is 6. The first-order valence-corrected chi connectivity index (χ1v) is 18.9. The van der Waals surface area contributed by atoms with Crippen LogP contribution < -0.4 is 0 Å². The van der Waals surface area contributed by atoms with Gasteiger partial charge in [0.2, 0.25) is 0 Å². The lowest BCUT2D eigenvalue weighted by Crippen LogP contribution is -2.38. The molecule has 1 aliphatic heterocycles. The second-order valence-electron chi connectivity index (χ2n) is 14.0. The normalized spacial score (nSPS) is 13.2. The first-order valence-electron chi connectivity index (χ1n) is 18.9. The van der Waals surface area contributed by atoms with Crippen LogP contribution in [0.1, 0.15) is 18.1 Å². The standard InChI is InChI=1S/C25H25FN4O.C21H19N3/c1-18-15-20(4-6-22(18)26)25-21(3-2-8-27-25)19-5-7-23-24(16-19)30(17-28-23)10-9-29-11-13-31-14-12-29;1-3-24-14-23-19-10-9-16(13-20(19)24)18-8-5-11-22-21(18)17-7-4-6-15(2)12-17/h2-8,15-17H,9-14H2,1H3;4-14H,3H2,1-2H3. The predicted molar refractivity (Wildman–Crippen MR) is 219 cm³/mol. The largest absolute Gasteiger partial charge is 0.379 e. The Balaban J connectivity index is 0.000000160. The fraction of sp³-hybridized carbons (Fsp3) is 0.217. The smallest absolute Gasteiger partial charge is 0.126 e. The van der Waals surface area contributed by atoms with Gasteiger partial charge in [0.1, 0.15) is 5.82 Å². The molecule has 0 radical (unpaired) electrons. The highest BCUT2D eigenvalue weighted by atomic mass is 19.1.